The SMILES string of the molecule is CN(C)C(=O)O[C@@H]1C[C@H]2C(=O)N[C@]3(C(=O)NCCC(=O)NCc4ccccc4)C[C@H]3/C=C\CCCCC[C@H](NC(=O)OC(C)(C)C)C(=O)N2C1. The summed E-state index contributed by atoms with van der Waals surface area (Å²) in [6.07, 6.45) is 5.52. The summed E-state index contributed by atoms with van der Waals surface area (Å²) in [6, 6.07) is 7.43. The van der Waals surface area contributed by atoms with E-state index in [1.807, 2.05) is 42.5 Å². The van der Waals surface area contributed by atoms with Gasteiger partial charge in [0, 0.05) is 45.9 Å². The van der Waals surface area contributed by atoms with Crippen LogP contribution in [0.3, 0.4) is 0 Å². The summed E-state index contributed by atoms with van der Waals surface area (Å²) in [7, 11) is 3.07. The summed E-state index contributed by atoms with van der Waals surface area (Å²) in [4.78, 5) is 82.2. The highest BCUT2D eigenvalue weighted by atomic mass is 16.6. The van der Waals surface area contributed by atoms with Gasteiger partial charge in [0.2, 0.25) is 23.6 Å². The van der Waals surface area contributed by atoms with E-state index < -0.39 is 59.2 Å². The lowest BCUT2D eigenvalue weighted by atomic mass is 10.0. The zero-order valence-electron chi connectivity index (χ0n) is 29.8. The van der Waals surface area contributed by atoms with Gasteiger partial charge in [-0.15, -0.1) is 0 Å². The number of carbonyl (C=O) groups is 6. The molecule has 1 aromatic rings. The largest absolute Gasteiger partial charge is 0.444 e. The van der Waals surface area contributed by atoms with Crippen LogP contribution in [-0.2, 0) is 35.2 Å². The van der Waals surface area contributed by atoms with Gasteiger partial charge in [-0.3, -0.25) is 19.2 Å². The Balaban J connectivity index is 1.50. The molecule has 5 atom stereocenters. The number of nitrogens with one attached hydrogen (secondary N) is 4. The smallest absolute Gasteiger partial charge is 0.409 e. The zero-order valence-corrected chi connectivity index (χ0v) is 29.8. The predicted octanol–water partition coefficient (Wildman–Crippen LogP) is 2.77. The number of alkyl carbamates (subject to hydrolysis) is 1. The number of ether oxygens (including phenoxy) is 2. The third-order valence-electron chi connectivity index (χ3n) is 8.94. The molecule has 3 aliphatic rings. The fraction of sp³-hybridized carbons (Fsp3) is 0.611. The maximum atomic E-state index is 14.1. The van der Waals surface area contributed by atoms with Crippen molar-refractivity contribution in [2.45, 2.75) is 108 Å². The predicted molar refractivity (Wildman–Crippen MR) is 184 cm³/mol. The Bertz CT molecular complexity index is 1430. The van der Waals surface area contributed by atoms with E-state index in [-0.39, 0.29) is 37.8 Å². The number of amides is 6. The summed E-state index contributed by atoms with van der Waals surface area (Å²) < 4.78 is 11.0. The van der Waals surface area contributed by atoms with Crippen LogP contribution in [-0.4, -0.2) is 102 Å². The summed E-state index contributed by atoms with van der Waals surface area (Å²) in [5, 5.41) is 11.3. The molecule has 2 aliphatic heterocycles. The van der Waals surface area contributed by atoms with E-state index in [2.05, 4.69) is 21.3 Å². The van der Waals surface area contributed by atoms with Crippen molar-refractivity contribution in [2.75, 3.05) is 27.2 Å². The average molecular weight is 697 g/mol. The van der Waals surface area contributed by atoms with Gasteiger partial charge < -0.3 is 40.5 Å². The van der Waals surface area contributed by atoms with Gasteiger partial charge in [-0.25, -0.2) is 9.59 Å². The van der Waals surface area contributed by atoms with Crippen molar-refractivity contribution >= 4 is 35.8 Å². The molecule has 1 saturated heterocycles. The van der Waals surface area contributed by atoms with E-state index in [1.54, 1.807) is 20.8 Å². The first-order chi connectivity index (χ1) is 23.7. The van der Waals surface area contributed by atoms with Gasteiger partial charge in [0.05, 0.1) is 6.54 Å². The van der Waals surface area contributed by atoms with Gasteiger partial charge in [-0.2, -0.15) is 0 Å². The van der Waals surface area contributed by atoms with Crippen LogP contribution in [0.5, 0.6) is 0 Å². The molecule has 2 heterocycles. The molecule has 2 fully saturated rings. The minimum Gasteiger partial charge on any atom is -0.444 e. The zero-order chi connectivity index (χ0) is 36.5. The van der Waals surface area contributed by atoms with Crippen LogP contribution in [0.25, 0.3) is 0 Å². The van der Waals surface area contributed by atoms with E-state index in [1.165, 1.54) is 23.9 Å². The summed E-state index contributed by atoms with van der Waals surface area (Å²) in [5.41, 5.74) is -1.10. The molecule has 50 heavy (non-hydrogen) atoms. The Morgan fingerprint density at radius 2 is 1.78 bits per heavy atom. The van der Waals surface area contributed by atoms with Gasteiger partial charge in [0.25, 0.3) is 0 Å². The fourth-order valence-corrected chi connectivity index (χ4v) is 6.20. The molecule has 14 nitrogen and oxygen atoms in total. The molecule has 0 spiro atoms. The van der Waals surface area contributed by atoms with Gasteiger partial charge in [-0.1, -0.05) is 55.3 Å². The molecule has 1 aliphatic carbocycles. The van der Waals surface area contributed by atoms with E-state index >= 15 is 0 Å². The molecule has 1 aromatic carbocycles. The van der Waals surface area contributed by atoms with Crippen molar-refractivity contribution in [3.05, 3.63) is 48.0 Å². The van der Waals surface area contributed by atoms with Crippen molar-refractivity contribution in [3.8, 4) is 0 Å². The van der Waals surface area contributed by atoms with E-state index in [4.69, 9.17) is 9.47 Å². The van der Waals surface area contributed by atoms with E-state index in [9.17, 15) is 28.8 Å². The normalized spacial score (nSPS) is 26.1. The topological polar surface area (TPSA) is 175 Å². The number of fused-ring (bicyclic) bond motifs is 2. The van der Waals surface area contributed by atoms with Crippen LogP contribution in [0.1, 0.15) is 77.7 Å². The molecule has 274 valence electrons. The highest BCUT2D eigenvalue weighted by Crippen LogP contribution is 2.45. The molecule has 6 amide bonds. The van der Waals surface area contributed by atoms with Crippen molar-refractivity contribution in [2.24, 2.45) is 5.92 Å². The van der Waals surface area contributed by atoms with Crippen LogP contribution in [0.15, 0.2) is 42.5 Å². The molecule has 4 N–H and O–H groups in total. The number of carbonyl (C=O) groups excluding carboxylic acids is 6. The Hall–Kier alpha value is -4.62. The fourth-order valence-electron chi connectivity index (χ4n) is 6.20. The first kappa shape index (κ1) is 38.2. The van der Waals surface area contributed by atoms with Gasteiger partial charge in [0.15, 0.2) is 0 Å². The number of nitrogens with zero attached hydrogens (tertiary/aromatic N) is 2. The van der Waals surface area contributed by atoms with Crippen molar-refractivity contribution in [1.29, 1.82) is 0 Å². The number of hydrogen-bond donors (Lipinski definition) is 4. The van der Waals surface area contributed by atoms with Gasteiger partial charge >= 0.3 is 12.2 Å². The minimum atomic E-state index is -1.27. The van der Waals surface area contributed by atoms with Crippen LogP contribution in [0.4, 0.5) is 9.59 Å². The second-order valence-electron chi connectivity index (χ2n) is 14.4. The lowest BCUT2D eigenvalue weighted by molar-refractivity contribution is -0.141. The van der Waals surface area contributed by atoms with Crippen LogP contribution in [0, 0.1) is 5.92 Å². The number of benzene rings is 1. The van der Waals surface area contributed by atoms with Crippen molar-refractivity contribution in [1.82, 2.24) is 31.1 Å². The first-order valence-electron chi connectivity index (χ1n) is 17.4. The quantitative estimate of drug-likeness (QED) is 0.300. The molecule has 0 aromatic heterocycles. The van der Waals surface area contributed by atoms with E-state index in [0.29, 0.717) is 25.8 Å². The highest BCUT2D eigenvalue weighted by molar-refractivity contribution is 5.98. The standard InChI is InChI=1S/C36H52N6O8/c1-35(2,3)50-33(47)39-27-17-13-8-6-7-12-16-25-21-36(25,32(46)37-19-18-29(43)38-22-24-14-10-9-11-15-24)40-30(44)28-20-26(23-42(28)31(27)45)49-34(48)41(4)5/h9-12,14-16,25-28H,6-8,13,17-23H2,1-5H3,(H,37,46)(H,38,43)(H,39,47)(H,40,44)/b16-12-/t25-,26-,27+,28+,36-/m1/s1. The Morgan fingerprint density at radius 1 is 1.04 bits per heavy atom. The maximum absolute atomic E-state index is 14.1. The molecular weight excluding hydrogens is 644 g/mol. The maximum Gasteiger partial charge on any atom is 0.409 e. The Labute approximate surface area is 294 Å². The Kier molecular flexibility index (Phi) is 12.9. The third-order valence-corrected chi connectivity index (χ3v) is 8.94. The minimum absolute atomic E-state index is 0.0100. The van der Waals surface area contributed by atoms with Crippen LogP contribution >= 0.6 is 0 Å². The average Bonchev–Trinajstić information content (AvgIpc) is 3.58. The lowest BCUT2D eigenvalue weighted by Crippen LogP contribution is -2.58. The molecular formula is C36H52N6O8. The van der Waals surface area contributed by atoms with E-state index in [0.717, 1.165) is 24.8 Å². The summed E-state index contributed by atoms with van der Waals surface area (Å²) in [5.74, 6) is -1.99. The van der Waals surface area contributed by atoms with Crippen LogP contribution < -0.4 is 21.3 Å². The third kappa shape index (κ3) is 10.7. The molecule has 0 unspecified atom stereocenters. The lowest BCUT2D eigenvalue weighted by Gasteiger charge is -2.30. The first-order valence-corrected chi connectivity index (χ1v) is 17.4. The van der Waals surface area contributed by atoms with Crippen molar-refractivity contribution < 1.29 is 38.2 Å². The molecule has 0 bridgehead atoms. The molecule has 14 heteroatoms. The number of hydrogen-bond acceptors (Lipinski definition) is 8. The monoisotopic (exact) mass is 696 g/mol. The summed E-state index contributed by atoms with van der Waals surface area (Å²) in [6.45, 7) is 5.55. The molecule has 4 rings (SSSR count). The number of rotatable bonds is 8. The second kappa shape index (κ2) is 16.9. The van der Waals surface area contributed by atoms with Gasteiger partial charge in [0.1, 0.15) is 29.3 Å². The number of allylic oxidation sites excluding steroid dienone is 1. The summed E-state index contributed by atoms with van der Waals surface area (Å²) >= 11 is 0. The second-order valence-corrected chi connectivity index (χ2v) is 14.4. The molecule has 0 radical (unpaired) electrons. The molecule has 1 saturated carbocycles. The van der Waals surface area contributed by atoms with Crippen molar-refractivity contribution in [3.63, 3.8) is 0 Å². The Morgan fingerprint density at radius 3 is 2.48 bits per heavy atom. The van der Waals surface area contributed by atoms with Gasteiger partial charge in [-0.05, 0) is 52.0 Å². The van der Waals surface area contributed by atoms with Crippen LogP contribution in [0.2, 0.25) is 0 Å². The highest BCUT2D eigenvalue weighted by Gasteiger charge is 2.61.